The summed E-state index contributed by atoms with van der Waals surface area (Å²) < 4.78 is 33.6. The molecule has 0 amide bonds. The maximum absolute atomic E-state index is 12.6. The number of aryl methyl sites for hydroxylation is 1. The van der Waals surface area contributed by atoms with Crippen molar-refractivity contribution in [2.45, 2.75) is 37.2 Å². The molecule has 2 aromatic rings. The number of anilines is 1. The minimum Gasteiger partial charge on any atom is -0.488 e. The van der Waals surface area contributed by atoms with Gasteiger partial charge in [-0.3, -0.25) is 4.72 Å². The lowest BCUT2D eigenvalue weighted by Gasteiger charge is -2.32. The SMILES string of the molecule is CC1(C)CCc2cc(S(=O)(=O)Nc3cc(Cl)cc(Cl)c3)ccc2O1. The van der Waals surface area contributed by atoms with Gasteiger partial charge in [-0.2, -0.15) is 0 Å². The lowest BCUT2D eigenvalue weighted by Crippen LogP contribution is -2.32. The van der Waals surface area contributed by atoms with Crippen LogP contribution in [0.4, 0.5) is 5.69 Å². The highest BCUT2D eigenvalue weighted by Gasteiger charge is 2.27. The van der Waals surface area contributed by atoms with Crippen LogP contribution in [0.5, 0.6) is 5.75 Å². The zero-order valence-electron chi connectivity index (χ0n) is 13.3. The number of fused-ring (bicyclic) bond motifs is 1. The van der Waals surface area contributed by atoms with Gasteiger partial charge >= 0.3 is 0 Å². The van der Waals surface area contributed by atoms with Crippen molar-refractivity contribution in [2.24, 2.45) is 0 Å². The van der Waals surface area contributed by atoms with Crippen molar-refractivity contribution in [3.63, 3.8) is 0 Å². The van der Waals surface area contributed by atoms with E-state index < -0.39 is 10.0 Å². The molecule has 4 nitrogen and oxygen atoms in total. The standard InChI is InChI=1S/C17H17Cl2NO3S/c1-17(2)6-5-11-7-15(3-4-16(11)23-17)24(21,22)20-14-9-12(18)8-13(19)10-14/h3-4,7-10,20H,5-6H2,1-2H3. The van der Waals surface area contributed by atoms with Crippen molar-refractivity contribution < 1.29 is 13.2 Å². The van der Waals surface area contributed by atoms with E-state index in [4.69, 9.17) is 27.9 Å². The number of rotatable bonds is 3. The van der Waals surface area contributed by atoms with E-state index >= 15 is 0 Å². The zero-order chi connectivity index (χ0) is 17.5. The van der Waals surface area contributed by atoms with Crippen LogP contribution in [-0.4, -0.2) is 14.0 Å². The number of sulfonamides is 1. The number of ether oxygens (including phenoxy) is 1. The number of benzene rings is 2. The summed E-state index contributed by atoms with van der Waals surface area (Å²) in [6, 6.07) is 9.45. The molecule has 0 spiro atoms. The molecular weight excluding hydrogens is 369 g/mol. The molecule has 0 aliphatic carbocycles. The van der Waals surface area contributed by atoms with Gasteiger partial charge in [-0.1, -0.05) is 23.2 Å². The molecule has 1 N–H and O–H groups in total. The van der Waals surface area contributed by atoms with Crippen molar-refractivity contribution in [3.8, 4) is 5.75 Å². The van der Waals surface area contributed by atoms with E-state index in [0.29, 0.717) is 15.7 Å². The topological polar surface area (TPSA) is 55.4 Å². The normalized spacial score (nSPS) is 16.2. The smallest absolute Gasteiger partial charge is 0.261 e. The molecule has 1 aliphatic heterocycles. The molecule has 0 aromatic heterocycles. The third-order valence-corrected chi connectivity index (χ3v) is 5.66. The molecule has 2 aromatic carbocycles. The summed E-state index contributed by atoms with van der Waals surface area (Å²) in [5.41, 5.74) is 0.979. The minimum absolute atomic E-state index is 0.181. The maximum atomic E-state index is 12.6. The fraction of sp³-hybridized carbons (Fsp3) is 0.294. The summed E-state index contributed by atoms with van der Waals surface area (Å²) in [5.74, 6) is 0.732. The fourth-order valence-corrected chi connectivity index (χ4v) is 4.25. The number of nitrogens with one attached hydrogen (secondary N) is 1. The van der Waals surface area contributed by atoms with Crippen LogP contribution in [0, 0.1) is 0 Å². The third kappa shape index (κ3) is 3.79. The first-order valence-corrected chi connectivity index (χ1v) is 9.69. The summed E-state index contributed by atoms with van der Waals surface area (Å²) >= 11 is 11.8. The predicted molar refractivity (Wildman–Crippen MR) is 96.7 cm³/mol. The van der Waals surface area contributed by atoms with Crippen molar-refractivity contribution in [3.05, 3.63) is 52.0 Å². The van der Waals surface area contributed by atoms with E-state index in [1.165, 1.54) is 18.2 Å². The maximum Gasteiger partial charge on any atom is 0.261 e. The molecule has 3 rings (SSSR count). The van der Waals surface area contributed by atoms with Crippen LogP contribution in [0.15, 0.2) is 41.3 Å². The lowest BCUT2D eigenvalue weighted by molar-refractivity contribution is 0.0845. The van der Waals surface area contributed by atoms with Crippen LogP contribution in [-0.2, 0) is 16.4 Å². The van der Waals surface area contributed by atoms with Gasteiger partial charge in [-0.05, 0) is 68.7 Å². The third-order valence-electron chi connectivity index (χ3n) is 3.84. The monoisotopic (exact) mass is 385 g/mol. The van der Waals surface area contributed by atoms with Gasteiger partial charge in [0.25, 0.3) is 10.0 Å². The van der Waals surface area contributed by atoms with Crippen molar-refractivity contribution in [2.75, 3.05) is 4.72 Å². The highest BCUT2D eigenvalue weighted by molar-refractivity contribution is 7.92. The molecule has 0 atom stereocenters. The van der Waals surface area contributed by atoms with E-state index in [-0.39, 0.29) is 10.5 Å². The summed E-state index contributed by atoms with van der Waals surface area (Å²) in [6.45, 7) is 4.04. The van der Waals surface area contributed by atoms with Crippen LogP contribution in [0.2, 0.25) is 10.0 Å². The Morgan fingerprint density at radius 2 is 1.75 bits per heavy atom. The van der Waals surface area contributed by atoms with Gasteiger partial charge in [0.05, 0.1) is 10.6 Å². The van der Waals surface area contributed by atoms with Crippen molar-refractivity contribution in [1.82, 2.24) is 0 Å². The van der Waals surface area contributed by atoms with E-state index in [1.807, 2.05) is 13.8 Å². The lowest BCUT2D eigenvalue weighted by atomic mass is 9.94. The summed E-state index contributed by atoms with van der Waals surface area (Å²) in [4.78, 5) is 0.181. The van der Waals surface area contributed by atoms with Crippen molar-refractivity contribution in [1.29, 1.82) is 0 Å². The number of halogens is 2. The second-order valence-electron chi connectivity index (χ2n) is 6.39. The van der Waals surface area contributed by atoms with Crippen LogP contribution < -0.4 is 9.46 Å². The molecule has 0 bridgehead atoms. The molecule has 1 heterocycles. The first-order valence-electron chi connectivity index (χ1n) is 7.45. The van der Waals surface area contributed by atoms with Crippen LogP contribution in [0.25, 0.3) is 0 Å². The summed E-state index contributed by atoms with van der Waals surface area (Å²) in [7, 11) is -3.73. The second-order valence-corrected chi connectivity index (χ2v) is 8.95. The Balaban J connectivity index is 1.90. The van der Waals surface area contributed by atoms with E-state index in [1.54, 1.807) is 18.2 Å². The molecule has 1 aliphatic rings. The summed E-state index contributed by atoms with van der Waals surface area (Å²) in [6.07, 6.45) is 1.61. The van der Waals surface area contributed by atoms with E-state index in [0.717, 1.165) is 24.2 Å². The van der Waals surface area contributed by atoms with Gasteiger partial charge in [0.1, 0.15) is 11.4 Å². The van der Waals surface area contributed by atoms with Gasteiger partial charge in [-0.25, -0.2) is 8.42 Å². The van der Waals surface area contributed by atoms with Crippen LogP contribution in [0.3, 0.4) is 0 Å². The van der Waals surface area contributed by atoms with Crippen LogP contribution in [0.1, 0.15) is 25.8 Å². The predicted octanol–water partition coefficient (Wildman–Crippen LogP) is 4.90. The Kier molecular flexibility index (Phi) is 4.45. The zero-order valence-corrected chi connectivity index (χ0v) is 15.6. The Labute approximate surface area is 151 Å². The highest BCUT2D eigenvalue weighted by atomic mass is 35.5. The van der Waals surface area contributed by atoms with E-state index in [9.17, 15) is 8.42 Å². The highest BCUT2D eigenvalue weighted by Crippen LogP contribution is 2.34. The number of hydrogen-bond acceptors (Lipinski definition) is 3. The molecule has 0 fully saturated rings. The second kappa shape index (κ2) is 6.14. The molecule has 0 saturated carbocycles. The van der Waals surface area contributed by atoms with Crippen molar-refractivity contribution >= 4 is 38.9 Å². The molecule has 0 saturated heterocycles. The number of hydrogen-bond donors (Lipinski definition) is 1. The van der Waals surface area contributed by atoms with Gasteiger partial charge in [0, 0.05) is 10.0 Å². The molecular formula is C17H17Cl2NO3S. The molecule has 0 radical (unpaired) electrons. The average molecular weight is 386 g/mol. The largest absolute Gasteiger partial charge is 0.488 e. The first-order chi connectivity index (χ1) is 11.1. The quantitative estimate of drug-likeness (QED) is 0.817. The van der Waals surface area contributed by atoms with Gasteiger partial charge in [-0.15, -0.1) is 0 Å². The van der Waals surface area contributed by atoms with E-state index in [2.05, 4.69) is 4.72 Å². The molecule has 24 heavy (non-hydrogen) atoms. The summed E-state index contributed by atoms with van der Waals surface area (Å²) in [5, 5.41) is 0.725. The van der Waals surface area contributed by atoms with Gasteiger partial charge < -0.3 is 4.74 Å². The first kappa shape index (κ1) is 17.4. The fourth-order valence-electron chi connectivity index (χ4n) is 2.63. The Morgan fingerprint density at radius 1 is 1.08 bits per heavy atom. The average Bonchev–Trinajstić information content (AvgIpc) is 2.44. The Hall–Kier alpha value is -1.43. The van der Waals surface area contributed by atoms with Gasteiger partial charge in [0.15, 0.2) is 0 Å². The van der Waals surface area contributed by atoms with Gasteiger partial charge in [0.2, 0.25) is 0 Å². The Bertz CT molecular complexity index is 874. The molecule has 0 unspecified atom stereocenters. The Morgan fingerprint density at radius 3 is 2.42 bits per heavy atom. The minimum atomic E-state index is -3.73. The molecule has 128 valence electrons. The molecule has 7 heteroatoms. The van der Waals surface area contributed by atoms with Crippen LogP contribution >= 0.6 is 23.2 Å².